The van der Waals surface area contributed by atoms with Crippen molar-refractivity contribution in [3.05, 3.63) is 42.1 Å². The maximum absolute atomic E-state index is 12.0. The lowest BCUT2D eigenvalue weighted by Crippen LogP contribution is -2.10. The number of benzene rings is 1. The fourth-order valence-electron chi connectivity index (χ4n) is 1.57. The van der Waals surface area contributed by atoms with Gasteiger partial charge in [-0.3, -0.25) is 4.79 Å². The number of thiazole rings is 1. The molecule has 0 spiro atoms. The number of amides is 1. The van der Waals surface area contributed by atoms with Gasteiger partial charge in [-0.1, -0.05) is 29.5 Å². The van der Waals surface area contributed by atoms with Crippen LogP contribution in [0.15, 0.2) is 61.5 Å². The van der Waals surface area contributed by atoms with E-state index in [0.29, 0.717) is 10.6 Å². The van der Waals surface area contributed by atoms with Gasteiger partial charge in [-0.2, -0.15) is 0 Å². The molecular formula is C12H10N6OS2. The zero-order valence-corrected chi connectivity index (χ0v) is 12.6. The van der Waals surface area contributed by atoms with E-state index in [0.717, 1.165) is 4.34 Å². The van der Waals surface area contributed by atoms with Gasteiger partial charge in [-0.25, -0.2) is 4.98 Å². The lowest BCUT2D eigenvalue weighted by Gasteiger charge is -2.09. The predicted molar refractivity (Wildman–Crippen MR) is 80.5 cm³/mol. The van der Waals surface area contributed by atoms with Crippen LogP contribution < -0.4 is 5.32 Å². The number of hydrogen-bond donors (Lipinski definition) is 1. The van der Waals surface area contributed by atoms with Crippen molar-refractivity contribution in [2.24, 2.45) is 20.7 Å². The molecule has 21 heavy (non-hydrogen) atoms. The summed E-state index contributed by atoms with van der Waals surface area (Å²) in [6.45, 7) is 1.79. The van der Waals surface area contributed by atoms with Crippen LogP contribution in [0.1, 0.15) is 17.3 Å². The number of nitrogens with zero attached hydrogens (tertiary/aromatic N) is 5. The predicted octanol–water partition coefficient (Wildman–Crippen LogP) is 3.99. The first-order chi connectivity index (χ1) is 10.1. The SMILES string of the molecule is CC1(Sc2ncc(NC(=O)c3ccccc3)s2)N=NN=N1. The van der Waals surface area contributed by atoms with Crippen LogP contribution in [0.2, 0.25) is 0 Å². The van der Waals surface area contributed by atoms with E-state index in [9.17, 15) is 4.79 Å². The van der Waals surface area contributed by atoms with Crippen molar-refractivity contribution < 1.29 is 4.79 Å². The fourth-order valence-corrected chi connectivity index (χ4v) is 3.61. The van der Waals surface area contributed by atoms with Crippen molar-refractivity contribution in [2.45, 2.75) is 16.3 Å². The average Bonchev–Trinajstić information content (AvgIpc) is 3.10. The van der Waals surface area contributed by atoms with Crippen molar-refractivity contribution in [1.29, 1.82) is 0 Å². The number of carbonyl (C=O) groups excluding carboxylic acids is 1. The Hall–Kier alpha value is -2.13. The first-order valence-corrected chi connectivity index (χ1v) is 7.63. The Labute approximate surface area is 128 Å². The maximum atomic E-state index is 12.0. The van der Waals surface area contributed by atoms with Crippen LogP contribution in [-0.2, 0) is 0 Å². The molecule has 2 heterocycles. The van der Waals surface area contributed by atoms with Crippen LogP contribution >= 0.6 is 23.1 Å². The molecule has 1 amide bonds. The molecule has 7 nitrogen and oxygen atoms in total. The molecule has 9 heteroatoms. The fraction of sp³-hybridized carbons (Fsp3) is 0.167. The zero-order valence-electron chi connectivity index (χ0n) is 10.9. The molecule has 0 bridgehead atoms. The Morgan fingerprint density at radius 3 is 2.67 bits per heavy atom. The van der Waals surface area contributed by atoms with Crippen LogP contribution in [0.5, 0.6) is 0 Å². The van der Waals surface area contributed by atoms with Crippen LogP contribution in [0.25, 0.3) is 0 Å². The second-order valence-corrected chi connectivity index (χ2v) is 6.88. The smallest absolute Gasteiger partial charge is 0.256 e. The van der Waals surface area contributed by atoms with Gasteiger partial charge in [0.2, 0.25) is 4.99 Å². The Bertz CT molecular complexity index is 700. The summed E-state index contributed by atoms with van der Waals surface area (Å²) in [6, 6.07) is 9.02. The van der Waals surface area contributed by atoms with Crippen LogP contribution in [0.3, 0.4) is 0 Å². The van der Waals surface area contributed by atoms with E-state index in [-0.39, 0.29) is 5.91 Å². The number of carbonyl (C=O) groups is 1. The summed E-state index contributed by atoms with van der Waals surface area (Å²) in [5.41, 5.74) is 0.602. The molecule has 1 aliphatic rings. The summed E-state index contributed by atoms with van der Waals surface area (Å²) in [4.78, 5) is 15.5. The van der Waals surface area contributed by atoms with Gasteiger partial charge in [0.25, 0.3) is 5.91 Å². The Morgan fingerprint density at radius 1 is 1.24 bits per heavy atom. The topological polar surface area (TPSA) is 91.4 Å². The number of thioether (sulfide) groups is 1. The Morgan fingerprint density at radius 2 is 1.95 bits per heavy atom. The third kappa shape index (κ3) is 3.31. The normalized spacial score (nSPS) is 15.3. The van der Waals surface area contributed by atoms with E-state index in [1.807, 2.05) is 18.2 Å². The van der Waals surface area contributed by atoms with Gasteiger partial charge >= 0.3 is 0 Å². The third-order valence-electron chi connectivity index (χ3n) is 2.54. The Balaban J connectivity index is 1.67. The van der Waals surface area contributed by atoms with Crippen molar-refractivity contribution in [3.8, 4) is 0 Å². The minimum absolute atomic E-state index is 0.165. The van der Waals surface area contributed by atoms with Crippen LogP contribution in [-0.4, -0.2) is 15.9 Å². The molecule has 0 atom stereocenters. The van der Waals surface area contributed by atoms with Crippen LogP contribution in [0, 0.1) is 0 Å². The molecule has 1 aromatic carbocycles. The molecule has 0 saturated carbocycles. The van der Waals surface area contributed by atoms with E-state index in [1.165, 1.54) is 23.1 Å². The van der Waals surface area contributed by atoms with Gasteiger partial charge in [0.1, 0.15) is 5.00 Å². The highest BCUT2D eigenvalue weighted by atomic mass is 32.2. The second kappa shape index (κ2) is 5.70. The first-order valence-electron chi connectivity index (χ1n) is 6.00. The van der Waals surface area contributed by atoms with E-state index in [2.05, 4.69) is 31.0 Å². The first kappa shape index (κ1) is 13.8. The molecule has 3 rings (SSSR count). The van der Waals surface area contributed by atoms with E-state index in [1.54, 1.807) is 25.3 Å². The molecule has 1 aromatic heterocycles. The van der Waals surface area contributed by atoms with E-state index >= 15 is 0 Å². The molecule has 2 aromatic rings. The lowest BCUT2D eigenvalue weighted by atomic mass is 10.2. The quantitative estimate of drug-likeness (QED) is 0.923. The molecule has 0 aliphatic carbocycles. The molecule has 0 radical (unpaired) electrons. The van der Waals surface area contributed by atoms with Crippen LogP contribution in [0.4, 0.5) is 5.00 Å². The summed E-state index contributed by atoms with van der Waals surface area (Å²) in [5.74, 6) is -0.165. The maximum Gasteiger partial charge on any atom is 0.256 e. The summed E-state index contributed by atoms with van der Waals surface area (Å²) in [5, 5.41) is 18.3. The van der Waals surface area contributed by atoms with Gasteiger partial charge < -0.3 is 5.32 Å². The van der Waals surface area contributed by atoms with Gasteiger partial charge in [0.15, 0.2) is 4.34 Å². The highest BCUT2D eigenvalue weighted by molar-refractivity contribution is 8.02. The number of anilines is 1. The van der Waals surface area contributed by atoms with Gasteiger partial charge in [0, 0.05) is 5.56 Å². The van der Waals surface area contributed by atoms with E-state index < -0.39 is 4.99 Å². The number of nitrogens with one attached hydrogen (secondary N) is 1. The number of hydrogen-bond acceptors (Lipinski definition) is 8. The van der Waals surface area contributed by atoms with Crippen molar-refractivity contribution >= 4 is 34.0 Å². The lowest BCUT2D eigenvalue weighted by molar-refractivity contribution is 0.102. The summed E-state index contributed by atoms with van der Waals surface area (Å²) < 4.78 is 0.737. The van der Waals surface area contributed by atoms with Gasteiger partial charge in [-0.15, -0.1) is 10.2 Å². The second-order valence-electron chi connectivity index (χ2n) is 4.23. The molecule has 1 N–H and O–H groups in total. The minimum atomic E-state index is -0.765. The molecule has 1 aliphatic heterocycles. The highest BCUT2D eigenvalue weighted by Crippen LogP contribution is 2.40. The molecule has 0 fully saturated rings. The molecule has 0 unspecified atom stereocenters. The Kier molecular flexibility index (Phi) is 3.76. The average molecular weight is 318 g/mol. The molecular weight excluding hydrogens is 308 g/mol. The summed E-state index contributed by atoms with van der Waals surface area (Å²) >= 11 is 2.69. The number of rotatable bonds is 4. The zero-order chi connectivity index (χ0) is 14.7. The van der Waals surface area contributed by atoms with Crippen molar-refractivity contribution in [2.75, 3.05) is 5.32 Å². The highest BCUT2D eigenvalue weighted by Gasteiger charge is 2.29. The minimum Gasteiger partial charge on any atom is -0.312 e. The monoisotopic (exact) mass is 318 g/mol. The third-order valence-corrected chi connectivity index (χ3v) is 4.58. The summed E-state index contributed by atoms with van der Waals surface area (Å²) in [7, 11) is 0. The molecule has 106 valence electrons. The molecule has 0 saturated heterocycles. The van der Waals surface area contributed by atoms with E-state index in [4.69, 9.17) is 0 Å². The largest absolute Gasteiger partial charge is 0.312 e. The summed E-state index contributed by atoms with van der Waals surface area (Å²) in [6.07, 6.45) is 1.61. The van der Waals surface area contributed by atoms with Gasteiger partial charge in [0.05, 0.1) is 6.20 Å². The van der Waals surface area contributed by atoms with Crippen molar-refractivity contribution in [1.82, 2.24) is 4.98 Å². The standard InChI is InChI=1S/C12H10N6OS2/c1-12(15-17-18-16-12)21-11-13-7-9(20-11)14-10(19)8-5-3-2-4-6-8/h2-7H,1H3,(H,14,19). The van der Waals surface area contributed by atoms with Gasteiger partial charge in [-0.05, 0) is 41.3 Å². The number of aromatic nitrogens is 1. The van der Waals surface area contributed by atoms with Crippen molar-refractivity contribution in [3.63, 3.8) is 0 Å².